The van der Waals surface area contributed by atoms with Crippen LogP contribution in [0.25, 0.3) is 0 Å². The molecule has 0 saturated heterocycles. The normalized spacial score (nSPS) is 12.9. The van der Waals surface area contributed by atoms with Crippen molar-refractivity contribution < 1.29 is 35.8 Å². The summed E-state index contributed by atoms with van der Waals surface area (Å²) in [6, 6.07) is 4.50. The number of ether oxygens (including phenoxy) is 3. The molecule has 0 fully saturated rings. The van der Waals surface area contributed by atoms with E-state index in [1.54, 1.807) is 0 Å². The zero-order chi connectivity index (χ0) is 17.0. The maximum atomic E-state index is 12.4. The van der Waals surface area contributed by atoms with Crippen LogP contribution in [0.15, 0.2) is 29.2 Å². The second-order valence-electron chi connectivity index (χ2n) is 4.18. The number of sulfonamides is 1. The summed E-state index contributed by atoms with van der Waals surface area (Å²) < 4.78 is 76.2. The van der Waals surface area contributed by atoms with Crippen LogP contribution < -0.4 is 4.74 Å². The Bertz CT molecular complexity index is 587. The molecule has 0 amide bonds. The summed E-state index contributed by atoms with van der Waals surface area (Å²) in [5, 5.41) is 0. The number of likely N-dealkylation sites (N-methyl/N-ethyl adjacent to an activating group) is 1. The highest BCUT2D eigenvalue weighted by Crippen LogP contribution is 2.30. The molecule has 0 aliphatic carbocycles. The van der Waals surface area contributed by atoms with E-state index in [9.17, 15) is 21.6 Å². The third kappa shape index (κ3) is 4.83. The molecule has 1 aromatic carbocycles. The van der Waals surface area contributed by atoms with Crippen molar-refractivity contribution in [2.75, 3.05) is 27.8 Å². The van der Waals surface area contributed by atoms with Crippen LogP contribution in [0, 0.1) is 0 Å². The molecule has 22 heavy (non-hydrogen) atoms. The molecule has 0 N–H and O–H groups in total. The van der Waals surface area contributed by atoms with Crippen molar-refractivity contribution in [2.45, 2.75) is 17.5 Å². The number of halogens is 3. The molecule has 10 heteroatoms. The Hall–Kier alpha value is -1.36. The minimum atomic E-state index is -4.99. The second kappa shape index (κ2) is 7.27. The molecule has 0 aliphatic heterocycles. The lowest BCUT2D eigenvalue weighted by Gasteiger charge is -2.23. The monoisotopic (exact) mass is 343 g/mol. The smallest absolute Gasteiger partial charge is 0.404 e. The summed E-state index contributed by atoms with van der Waals surface area (Å²) in [5.41, 5.74) is 0. The average Bonchev–Trinajstić information content (AvgIpc) is 2.43. The van der Waals surface area contributed by atoms with Crippen molar-refractivity contribution in [1.82, 2.24) is 4.31 Å². The fraction of sp³-hybridized carbons (Fsp3) is 0.500. The molecule has 0 saturated carbocycles. The van der Waals surface area contributed by atoms with Gasteiger partial charge in [-0.2, -0.15) is 4.31 Å². The third-order valence-electron chi connectivity index (χ3n) is 2.70. The van der Waals surface area contributed by atoms with Gasteiger partial charge in [0, 0.05) is 21.3 Å². The van der Waals surface area contributed by atoms with E-state index in [1.165, 1.54) is 33.4 Å². The van der Waals surface area contributed by atoms with Gasteiger partial charge < -0.3 is 14.2 Å². The first-order chi connectivity index (χ1) is 10.1. The van der Waals surface area contributed by atoms with E-state index in [2.05, 4.69) is 4.74 Å². The first-order valence-electron chi connectivity index (χ1n) is 5.98. The van der Waals surface area contributed by atoms with E-state index in [1.807, 2.05) is 0 Å². The van der Waals surface area contributed by atoms with Crippen LogP contribution >= 0.6 is 0 Å². The molecule has 6 nitrogen and oxygen atoms in total. The second-order valence-corrected chi connectivity index (χ2v) is 6.19. The number of alkyl halides is 3. The van der Waals surface area contributed by atoms with Gasteiger partial charge in [0.2, 0.25) is 10.0 Å². The summed E-state index contributed by atoms with van der Waals surface area (Å²) in [4.78, 5) is -0.596. The molecule has 0 atom stereocenters. The van der Waals surface area contributed by atoms with E-state index in [0.29, 0.717) is 0 Å². The Morgan fingerprint density at radius 2 is 1.73 bits per heavy atom. The topological polar surface area (TPSA) is 65.1 Å². The molecule has 0 bridgehead atoms. The number of benzene rings is 1. The zero-order valence-corrected chi connectivity index (χ0v) is 12.9. The van der Waals surface area contributed by atoms with Gasteiger partial charge in [-0.3, -0.25) is 0 Å². The van der Waals surface area contributed by atoms with Crippen LogP contribution in [0.5, 0.6) is 5.75 Å². The van der Waals surface area contributed by atoms with Crippen LogP contribution in [-0.4, -0.2) is 53.2 Å². The standard InChI is InChI=1S/C12H16F3NO5S/c1-16(8-11(19-2)20-3)22(17,18)10-7-5-4-6-9(10)21-12(13,14)15/h4-7,11H,8H2,1-3H3. The number of nitrogens with zero attached hydrogens (tertiary/aromatic N) is 1. The van der Waals surface area contributed by atoms with Crippen LogP contribution in [-0.2, 0) is 19.5 Å². The molecule has 1 rings (SSSR count). The van der Waals surface area contributed by atoms with Gasteiger partial charge in [-0.05, 0) is 12.1 Å². The van der Waals surface area contributed by atoms with Crippen molar-refractivity contribution in [2.24, 2.45) is 0 Å². The molecule has 0 heterocycles. The van der Waals surface area contributed by atoms with Crippen LogP contribution in [0.1, 0.15) is 0 Å². The number of methoxy groups -OCH3 is 2. The molecular weight excluding hydrogens is 327 g/mol. The Balaban J connectivity index is 3.12. The van der Waals surface area contributed by atoms with Gasteiger partial charge in [0.1, 0.15) is 10.6 Å². The predicted octanol–water partition coefficient (Wildman–Crippen LogP) is 1.82. The Morgan fingerprint density at radius 1 is 1.18 bits per heavy atom. The zero-order valence-electron chi connectivity index (χ0n) is 12.1. The number of hydrogen-bond acceptors (Lipinski definition) is 5. The van der Waals surface area contributed by atoms with Crippen molar-refractivity contribution in [3.8, 4) is 5.75 Å². The summed E-state index contributed by atoms with van der Waals surface area (Å²) in [6.45, 7) is -0.199. The summed E-state index contributed by atoms with van der Waals surface area (Å²) in [7, 11) is -0.380. The van der Waals surface area contributed by atoms with Crippen LogP contribution in [0.4, 0.5) is 13.2 Å². The van der Waals surface area contributed by atoms with E-state index in [4.69, 9.17) is 9.47 Å². The van der Waals surface area contributed by atoms with Gasteiger partial charge in [0.25, 0.3) is 0 Å². The van der Waals surface area contributed by atoms with Crippen molar-refractivity contribution in [3.05, 3.63) is 24.3 Å². The lowest BCUT2D eigenvalue weighted by Crippen LogP contribution is -2.36. The highest BCUT2D eigenvalue weighted by atomic mass is 32.2. The van der Waals surface area contributed by atoms with Crippen molar-refractivity contribution in [1.29, 1.82) is 0 Å². The SMILES string of the molecule is COC(CN(C)S(=O)(=O)c1ccccc1OC(F)(F)F)OC. The summed E-state index contributed by atoms with van der Waals surface area (Å²) in [6.07, 6.45) is -5.85. The van der Waals surface area contributed by atoms with Crippen LogP contribution in [0.3, 0.4) is 0 Å². The predicted molar refractivity (Wildman–Crippen MR) is 70.7 cm³/mol. The molecule has 0 aromatic heterocycles. The number of para-hydroxylation sites is 1. The largest absolute Gasteiger partial charge is 0.573 e. The third-order valence-corrected chi connectivity index (χ3v) is 4.56. The molecular formula is C12H16F3NO5S. The Labute approximate surface area is 126 Å². The molecule has 126 valence electrons. The van der Waals surface area contributed by atoms with Gasteiger partial charge in [-0.1, -0.05) is 12.1 Å². The van der Waals surface area contributed by atoms with Gasteiger partial charge in [-0.25, -0.2) is 8.42 Å². The summed E-state index contributed by atoms with van der Waals surface area (Å²) >= 11 is 0. The summed E-state index contributed by atoms with van der Waals surface area (Å²) in [5.74, 6) is -0.798. The van der Waals surface area contributed by atoms with Gasteiger partial charge >= 0.3 is 6.36 Å². The molecule has 1 aromatic rings. The lowest BCUT2D eigenvalue weighted by molar-refractivity contribution is -0.275. The van der Waals surface area contributed by atoms with Crippen molar-refractivity contribution >= 4 is 10.0 Å². The lowest BCUT2D eigenvalue weighted by atomic mass is 10.3. The molecule has 0 unspecified atom stereocenters. The number of hydrogen-bond donors (Lipinski definition) is 0. The van der Waals surface area contributed by atoms with Gasteiger partial charge in [0.15, 0.2) is 6.29 Å². The van der Waals surface area contributed by atoms with Gasteiger partial charge in [0.05, 0.1) is 6.54 Å². The van der Waals surface area contributed by atoms with Crippen LogP contribution in [0.2, 0.25) is 0 Å². The Morgan fingerprint density at radius 3 is 2.23 bits per heavy atom. The van der Waals surface area contributed by atoms with Gasteiger partial charge in [-0.15, -0.1) is 13.2 Å². The number of rotatable bonds is 7. The van der Waals surface area contributed by atoms with E-state index >= 15 is 0 Å². The Kier molecular flexibility index (Phi) is 6.17. The van der Waals surface area contributed by atoms with E-state index < -0.39 is 33.3 Å². The van der Waals surface area contributed by atoms with E-state index in [-0.39, 0.29) is 6.54 Å². The minimum absolute atomic E-state index is 0.199. The molecule has 0 spiro atoms. The quantitative estimate of drug-likeness (QED) is 0.707. The van der Waals surface area contributed by atoms with E-state index in [0.717, 1.165) is 16.4 Å². The highest BCUT2D eigenvalue weighted by Gasteiger charge is 2.35. The fourth-order valence-corrected chi connectivity index (χ4v) is 2.86. The van der Waals surface area contributed by atoms with Crippen molar-refractivity contribution in [3.63, 3.8) is 0 Å². The maximum Gasteiger partial charge on any atom is 0.573 e. The average molecular weight is 343 g/mol. The maximum absolute atomic E-state index is 12.4. The minimum Gasteiger partial charge on any atom is -0.404 e. The first kappa shape index (κ1) is 18.7. The highest BCUT2D eigenvalue weighted by molar-refractivity contribution is 7.89. The molecule has 0 aliphatic rings. The molecule has 0 radical (unpaired) electrons. The first-order valence-corrected chi connectivity index (χ1v) is 7.42. The fourth-order valence-electron chi connectivity index (χ4n) is 1.59.